The summed E-state index contributed by atoms with van der Waals surface area (Å²) in [5.74, 6) is -0.580. The van der Waals surface area contributed by atoms with Crippen molar-refractivity contribution in [3.8, 4) is 0 Å². The number of benzene rings is 1. The third-order valence-electron chi connectivity index (χ3n) is 3.70. The molecule has 6 nitrogen and oxygen atoms in total. The monoisotopic (exact) mass is 286 g/mol. The normalized spacial score (nSPS) is 14.1. The first kappa shape index (κ1) is 13.4. The van der Waals surface area contributed by atoms with Crippen molar-refractivity contribution < 1.29 is 14.8 Å². The van der Waals surface area contributed by atoms with Crippen molar-refractivity contribution in [1.29, 1.82) is 0 Å². The fourth-order valence-corrected chi connectivity index (χ4v) is 2.53. The van der Waals surface area contributed by atoms with E-state index in [9.17, 15) is 20.0 Å². The zero-order valence-corrected chi connectivity index (χ0v) is 11.2. The van der Waals surface area contributed by atoms with E-state index in [-0.39, 0.29) is 5.69 Å². The van der Waals surface area contributed by atoms with Crippen molar-refractivity contribution in [3.63, 3.8) is 0 Å². The summed E-state index contributed by atoms with van der Waals surface area (Å²) >= 11 is 0. The summed E-state index contributed by atoms with van der Waals surface area (Å²) in [4.78, 5) is 21.5. The largest absolute Gasteiger partial charge is 0.478 e. The highest BCUT2D eigenvalue weighted by Gasteiger charge is 2.31. The molecule has 0 atom stereocenters. The van der Waals surface area contributed by atoms with Crippen molar-refractivity contribution in [1.82, 2.24) is 4.57 Å². The van der Waals surface area contributed by atoms with Gasteiger partial charge in [0.2, 0.25) is 0 Å². The Bertz CT molecular complexity index is 699. The van der Waals surface area contributed by atoms with Gasteiger partial charge in [-0.05, 0) is 24.5 Å². The molecule has 1 aliphatic carbocycles. The summed E-state index contributed by atoms with van der Waals surface area (Å²) in [6.07, 6.45) is 3.81. The van der Waals surface area contributed by atoms with Crippen LogP contribution in [0.5, 0.6) is 0 Å². The Morgan fingerprint density at radius 1 is 1.29 bits per heavy atom. The predicted molar refractivity (Wildman–Crippen MR) is 75.6 cm³/mol. The number of nitro groups is 1. The molecule has 0 saturated heterocycles. The van der Waals surface area contributed by atoms with E-state index in [1.807, 2.05) is 4.57 Å². The van der Waals surface area contributed by atoms with Crippen LogP contribution < -0.4 is 0 Å². The molecule has 0 amide bonds. The first-order valence-corrected chi connectivity index (χ1v) is 6.72. The zero-order chi connectivity index (χ0) is 15.0. The second-order valence-electron chi connectivity index (χ2n) is 5.25. The topological polar surface area (TPSA) is 85.4 Å². The molecular weight excluding hydrogens is 272 g/mol. The number of hydrogen-bond acceptors (Lipinski definition) is 3. The Hall–Kier alpha value is -2.63. The molecule has 3 rings (SSSR count). The highest BCUT2D eigenvalue weighted by molar-refractivity contribution is 5.89. The molecule has 21 heavy (non-hydrogen) atoms. The van der Waals surface area contributed by atoms with Gasteiger partial charge in [0.15, 0.2) is 0 Å². The van der Waals surface area contributed by atoms with Gasteiger partial charge in [0.05, 0.1) is 10.5 Å². The Morgan fingerprint density at radius 3 is 2.48 bits per heavy atom. The highest BCUT2D eigenvalue weighted by atomic mass is 16.6. The van der Waals surface area contributed by atoms with E-state index in [2.05, 4.69) is 0 Å². The van der Waals surface area contributed by atoms with E-state index in [0.717, 1.165) is 24.1 Å². The van der Waals surface area contributed by atoms with Gasteiger partial charge in [0.25, 0.3) is 5.69 Å². The average molecular weight is 286 g/mol. The van der Waals surface area contributed by atoms with Gasteiger partial charge in [-0.15, -0.1) is 0 Å². The average Bonchev–Trinajstić information content (AvgIpc) is 3.20. The molecule has 1 saturated carbocycles. The van der Waals surface area contributed by atoms with E-state index >= 15 is 0 Å². The maximum Gasteiger partial charge on any atom is 0.337 e. The third kappa shape index (κ3) is 2.65. The van der Waals surface area contributed by atoms with Crippen molar-refractivity contribution in [2.24, 2.45) is 0 Å². The fourth-order valence-electron chi connectivity index (χ4n) is 2.53. The molecule has 0 unspecified atom stereocenters. The second kappa shape index (κ2) is 5.05. The Kier molecular flexibility index (Phi) is 3.21. The molecule has 1 aliphatic rings. The molecule has 0 bridgehead atoms. The molecule has 1 heterocycles. The number of carboxylic acid groups (broad SMARTS) is 1. The molecular formula is C15H14N2O4. The van der Waals surface area contributed by atoms with Crippen molar-refractivity contribution in [3.05, 3.63) is 63.5 Å². The molecule has 0 spiro atoms. The van der Waals surface area contributed by atoms with Crippen molar-refractivity contribution in [2.45, 2.75) is 25.3 Å². The number of hydrogen-bond donors (Lipinski definition) is 1. The van der Waals surface area contributed by atoms with E-state index in [0.29, 0.717) is 18.0 Å². The minimum atomic E-state index is -0.903. The lowest BCUT2D eigenvalue weighted by atomic mass is 10.1. The number of aromatic carboxylic acids is 1. The third-order valence-corrected chi connectivity index (χ3v) is 3.70. The molecule has 6 heteroatoms. The number of aromatic nitrogens is 1. The van der Waals surface area contributed by atoms with E-state index in [1.54, 1.807) is 24.4 Å². The maximum absolute atomic E-state index is 11.3. The van der Waals surface area contributed by atoms with Gasteiger partial charge >= 0.3 is 5.97 Å². The number of rotatable bonds is 5. The van der Waals surface area contributed by atoms with Gasteiger partial charge in [-0.1, -0.05) is 12.1 Å². The quantitative estimate of drug-likeness (QED) is 0.676. The van der Waals surface area contributed by atoms with E-state index < -0.39 is 10.9 Å². The van der Waals surface area contributed by atoms with Gasteiger partial charge in [0.1, 0.15) is 0 Å². The summed E-state index contributed by atoms with van der Waals surface area (Å²) in [5.41, 5.74) is 2.19. The standard InChI is InChI=1S/C15H14N2O4/c18-15(19)13-7-8-16(14(13)11-3-4-11)9-10-1-5-12(6-2-10)17(20)21/h1-2,5-8,11H,3-4,9H2,(H,18,19). The molecule has 2 aromatic rings. The molecule has 1 aromatic heterocycles. The molecule has 1 fully saturated rings. The molecule has 108 valence electrons. The Balaban J connectivity index is 1.87. The van der Waals surface area contributed by atoms with Crippen LogP contribution in [0.3, 0.4) is 0 Å². The van der Waals surface area contributed by atoms with Gasteiger partial charge in [-0.25, -0.2) is 4.79 Å². The fraction of sp³-hybridized carbons (Fsp3) is 0.267. The number of nitrogens with zero attached hydrogens (tertiary/aromatic N) is 2. The van der Waals surface area contributed by atoms with Gasteiger partial charge < -0.3 is 9.67 Å². The summed E-state index contributed by atoms with van der Waals surface area (Å²) in [6.45, 7) is 0.525. The van der Waals surface area contributed by atoms with Crippen LogP contribution in [0.25, 0.3) is 0 Å². The highest BCUT2D eigenvalue weighted by Crippen LogP contribution is 2.42. The van der Waals surface area contributed by atoms with Crippen LogP contribution in [0, 0.1) is 10.1 Å². The smallest absolute Gasteiger partial charge is 0.337 e. The van der Waals surface area contributed by atoms with Gasteiger partial charge in [-0.2, -0.15) is 0 Å². The van der Waals surface area contributed by atoms with Crippen LogP contribution in [0.2, 0.25) is 0 Å². The SMILES string of the molecule is O=C(O)c1ccn(Cc2ccc([N+](=O)[O-])cc2)c1C1CC1. The van der Waals surface area contributed by atoms with Crippen molar-refractivity contribution >= 4 is 11.7 Å². The summed E-state index contributed by atoms with van der Waals surface area (Å²) in [6, 6.07) is 7.97. The minimum Gasteiger partial charge on any atom is -0.478 e. The van der Waals surface area contributed by atoms with Crippen LogP contribution in [0.15, 0.2) is 36.5 Å². The van der Waals surface area contributed by atoms with Crippen LogP contribution in [-0.2, 0) is 6.54 Å². The molecule has 0 radical (unpaired) electrons. The Morgan fingerprint density at radius 2 is 1.95 bits per heavy atom. The van der Waals surface area contributed by atoms with Crippen molar-refractivity contribution in [2.75, 3.05) is 0 Å². The number of carbonyl (C=O) groups is 1. The minimum absolute atomic E-state index is 0.0555. The lowest BCUT2D eigenvalue weighted by molar-refractivity contribution is -0.384. The number of carboxylic acids is 1. The predicted octanol–water partition coefficient (Wildman–Crippen LogP) is 3.02. The second-order valence-corrected chi connectivity index (χ2v) is 5.25. The maximum atomic E-state index is 11.3. The summed E-state index contributed by atoms with van der Waals surface area (Å²) in [7, 11) is 0. The van der Waals surface area contributed by atoms with Crippen LogP contribution in [0.4, 0.5) is 5.69 Å². The first-order chi connectivity index (χ1) is 10.1. The number of non-ortho nitro benzene ring substituents is 1. The van der Waals surface area contributed by atoms with E-state index in [4.69, 9.17) is 0 Å². The lowest BCUT2D eigenvalue weighted by Gasteiger charge is -2.09. The molecule has 1 aromatic carbocycles. The lowest BCUT2D eigenvalue weighted by Crippen LogP contribution is -2.07. The summed E-state index contributed by atoms with van der Waals surface area (Å²) < 4.78 is 1.93. The Labute approximate surface area is 120 Å². The van der Waals surface area contributed by atoms with E-state index in [1.165, 1.54) is 12.1 Å². The van der Waals surface area contributed by atoms with Crippen LogP contribution >= 0.6 is 0 Å². The summed E-state index contributed by atoms with van der Waals surface area (Å²) in [5, 5.41) is 19.9. The zero-order valence-electron chi connectivity index (χ0n) is 11.2. The van der Waals surface area contributed by atoms with Gasteiger partial charge in [-0.3, -0.25) is 10.1 Å². The molecule has 0 aliphatic heterocycles. The van der Waals surface area contributed by atoms with Crippen LogP contribution in [-0.4, -0.2) is 20.6 Å². The molecule has 1 N–H and O–H groups in total. The first-order valence-electron chi connectivity index (χ1n) is 6.72. The van der Waals surface area contributed by atoms with Crippen LogP contribution in [0.1, 0.15) is 40.4 Å². The number of nitro benzene ring substituents is 1. The van der Waals surface area contributed by atoms with Gasteiger partial charge in [0, 0.05) is 36.5 Å².